The second-order valence-electron chi connectivity index (χ2n) is 4.60. The zero-order valence-electron chi connectivity index (χ0n) is 11.4. The van der Waals surface area contributed by atoms with Crippen molar-refractivity contribution < 1.29 is 14.6 Å². The van der Waals surface area contributed by atoms with Crippen LogP contribution in [0.5, 0.6) is 11.5 Å². The standard InChI is InChI=1S/C14H23NO3/c1-14(11-16,15-2)9-4-10-18-13-7-5-12(17-3)6-8-13/h5-8,15-16H,4,9-11H2,1-3H3. The Balaban J connectivity index is 2.29. The molecule has 0 aliphatic carbocycles. The highest BCUT2D eigenvalue weighted by atomic mass is 16.5. The third-order valence-electron chi connectivity index (χ3n) is 3.15. The summed E-state index contributed by atoms with van der Waals surface area (Å²) in [5.74, 6) is 1.66. The van der Waals surface area contributed by atoms with Crippen LogP contribution < -0.4 is 14.8 Å². The predicted molar refractivity (Wildman–Crippen MR) is 72.3 cm³/mol. The molecule has 0 spiro atoms. The van der Waals surface area contributed by atoms with Crippen LogP contribution in [0.25, 0.3) is 0 Å². The topological polar surface area (TPSA) is 50.7 Å². The molecule has 4 nitrogen and oxygen atoms in total. The molecule has 0 saturated heterocycles. The zero-order chi connectivity index (χ0) is 13.4. The minimum absolute atomic E-state index is 0.131. The summed E-state index contributed by atoms with van der Waals surface area (Å²) in [4.78, 5) is 0. The second-order valence-corrected chi connectivity index (χ2v) is 4.60. The molecule has 4 heteroatoms. The first-order valence-electron chi connectivity index (χ1n) is 6.20. The summed E-state index contributed by atoms with van der Waals surface area (Å²) in [7, 11) is 3.50. The molecule has 0 radical (unpaired) electrons. The van der Waals surface area contributed by atoms with Crippen molar-refractivity contribution in [1.82, 2.24) is 5.32 Å². The molecule has 2 N–H and O–H groups in total. The van der Waals surface area contributed by atoms with Crippen LogP contribution in [0.4, 0.5) is 0 Å². The Morgan fingerprint density at radius 1 is 1.22 bits per heavy atom. The SMILES string of the molecule is CNC(C)(CO)CCCOc1ccc(OC)cc1. The molecule has 0 aliphatic rings. The summed E-state index contributed by atoms with van der Waals surface area (Å²) in [6, 6.07) is 7.53. The first-order valence-corrected chi connectivity index (χ1v) is 6.20. The van der Waals surface area contributed by atoms with Crippen LogP contribution >= 0.6 is 0 Å². The fourth-order valence-electron chi connectivity index (χ4n) is 1.61. The number of hydrogen-bond acceptors (Lipinski definition) is 4. The minimum atomic E-state index is -0.219. The molecule has 0 heterocycles. The number of rotatable bonds is 8. The molecule has 1 aromatic rings. The Morgan fingerprint density at radius 2 is 1.83 bits per heavy atom. The average Bonchev–Trinajstić information content (AvgIpc) is 2.44. The van der Waals surface area contributed by atoms with Gasteiger partial charge in [0.15, 0.2) is 0 Å². The first-order chi connectivity index (χ1) is 8.63. The lowest BCUT2D eigenvalue weighted by Gasteiger charge is -2.26. The van der Waals surface area contributed by atoms with Crippen LogP contribution in [0.3, 0.4) is 0 Å². The van der Waals surface area contributed by atoms with Gasteiger partial charge < -0.3 is 19.9 Å². The van der Waals surface area contributed by atoms with E-state index in [0.29, 0.717) is 6.61 Å². The summed E-state index contributed by atoms with van der Waals surface area (Å²) in [5, 5.41) is 12.4. The highest BCUT2D eigenvalue weighted by Crippen LogP contribution is 2.18. The van der Waals surface area contributed by atoms with E-state index in [1.54, 1.807) is 7.11 Å². The molecule has 0 amide bonds. The number of aliphatic hydroxyl groups is 1. The molecule has 1 rings (SSSR count). The average molecular weight is 253 g/mol. The van der Waals surface area contributed by atoms with Gasteiger partial charge in [0.25, 0.3) is 0 Å². The minimum Gasteiger partial charge on any atom is -0.497 e. The maximum atomic E-state index is 9.24. The number of ether oxygens (including phenoxy) is 2. The largest absolute Gasteiger partial charge is 0.497 e. The van der Waals surface area contributed by atoms with Gasteiger partial charge in [-0.15, -0.1) is 0 Å². The second kappa shape index (κ2) is 7.24. The van der Waals surface area contributed by atoms with Crippen LogP contribution in [-0.2, 0) is 0 Å². The van der Waals surface area contributed by atoms with Crippen molar-refractivity contribution in [3.63, 3.8) is 0 Å². The molecule has 18 heavy (non-hydrogen) atoms. The lowest BCUT2D eigenvalue weighted by Crippen LogP contribution is -2.43. The van der Waals surface area contributed by atoms with E-state index in [0.717, 1.165) is 24.3 Å². The molecular formula is C14H23NO3. The number of methoxy groups -OCH3 is 1. The normalized spacial score (nSPS) is 14.0. The van der Waals surface area contributed by atoms with Gasteiger partial charge >= 0.3 is 0 Å². The van der Waals surface area contributed by atoms with Crippen LogP contribution in [0, 0.1) is 0 Å². The van der Waals surface area contributed by atoms with Gasteiger partial charge in [0.1, 0.15) is 11.5 Å². The molecule has 0 saturated carbocycles. The number of likely N-dealkylation sites (N-methyl/N-ethyl adjacent to an activating group) is 1. The van der Waals surface area contributed by atoms with Crippen molar-refractivity contribution in [1.29, 1.82) is 0 Å². The summed E-state index contributed by atoms with van der Waals surface area (Å²) in [6.45, 7) is 2.77. The van der Waals surface area contributed by atoms with Gasteiger partial charge in [0.05, 0.1) is 20.3 Å². The van der Waals surface area contributed by atoms with Gasteiger partial charge in [-0.2, -0.15) is 0 Å². The third-order valence-corrected chi connectivity index (χ3v) is 3.15. The van der Waals surface area contributed by atoms with Crippen molar-refractivity contribution in [3.05, 3.63) is 24.3 Å². The quantitative estimate of drug-likeness (QED) is 0.694. The number of hydrogen-bond donors (Lipinski definition) is 2. The molecule has 102 valence electrons. The van der Waals surface area contributed by atoms with Gasteiger partial charge in [0.2, 0.25) is 0 Å². The Labute approximate surface area is 109 Å². The lowest BCUT2D eigenvalue weighted by molar-refractivity contribution is 0.163. The zero-order valence-corrected chi connectivity index (χ0v) is 11.4. The monoisotopic (exact) mass is 253 g/mol. The van der Waals surface area contributed by atoms with E-state index in [4.69, 9.17) is 9.47 Å². The number of aliphatic hydroxyl groups excluding tert-OH is 1. The van der Waals surface area contributed by atoms with E-state index in [1.165, 1.54) is 0 Å². The maximum Gasteiger partial charge on any atom is 0.119 e. The molecular weight excluding hydrogens is 230 g/mol. The molecule has 1 unspecified atom stereocenters. The van der Waals surface area contributed by atoms with Crippen LogP contribution in [0.15, 0.2) is 24.3 Å². The van der Waals surface area contributed by atoms with E-state index in [1.807, 2.05) is 38.2 Å². The molecule has 0 fully saturated rings. The highest BCUT2D eigenvalue weighted by Gasteiger charge is 2.19. The number of benzene rings is 1. The van der Waals surface area contributed by atoms with Crippen LogP contribution in [-0.4, -0.2) is 38.0 Å². The van der Waals surface area contributed by atoms with Gasteiger partial charge in [-0.1, -0.05) is 0 Å². The highest BCUT2D eigenvalue weighted by molar-refractivity contribution is 5.31. The predicted octanol–water partition coefficient (Wildman–Crippen LogP) is 1.82. The van der Waals surface area contributed by atoms with E-state index in [9.17, 15) is 5.11 Å². The fourth-order valence-corrected chi connectivity index (χ4v) is 1.61. The third kappa shape index (κ3) is 4.55. The molecule has 1 atom stereocenters. The van der Waals surface area contributed by atoms with Crippen molar-refractivity contribution in [3.8, 4) is 11.5 Å². The fraction of sp³-hybridized carbons (Fsp3) is 0.571. The summed E-state index contributed by atoms with van der Waals surface area (Å²) >= 11 is 0. The van der Waals surface area contributed by atoms with E-state index in [2.05, 4.69) is 5.32 Å². The molecule has 0 aliphatic heterocycles. The van der Waals surface area contributed by atoms with E-state index < -0.39 is 0 Å². The van der Waals surface area contributed by atoms with Crippen molar-refractivity contribution in [2.75, 3.05) is 27.4 Å². The van der Waals surface area contributed by atoms with Gasteiger partial charge in [-0.25, -0.2) is 0 Å². The van der Waals surface area contributed by atoms with Crippen molar-refractivity contribution in [2.45, 2.75) is 25.3 Å². The van der Waals surface area contributed by atoms with Crippen molar-refractivity contribution >= 4 is 0 Å². The van der Waals surface area contributed by atoms with Gasteiger partial charge in [-0.05, 0) is 51.1 Å². The Kier molecular flexibility index (Phi) is 5.95. The Hall–Kier alpha value is -1.26. The smallest absolute Gasteiger partial charge is 0.119 e. The molecule has 0 bridgehead atoms. The number of nitrogens with one attached hydrogen (secondary N) is 1. The summed E-state index contributed by atoms with van der Waals surface area (Å²) < 4.78 is 10.7. The van der Waals surface area contributed by atoms with Crippen LogP contribution in [0.2, 0.25) is 0 Å². The van der Waals surface area contributed by atoms with E-state index >= 15 is 0 Å². The van der Waals surface area contributed by atoms with Crippen molar-refractivity contribution in [2.24, 2.45) is 0 Å². The molecule has 1 aromatic carbocycles. The van der Waals surface area contributed by atoms with Gasteiger partial charge in [0, 0.05) is 5.54 Å². The first kappa shape index (κ1) is 14.8. The summed E-state index contributed by atoms with van der Waals surface area (Å²) in [5.41, 5.74) is -0.219. The Bertz CT molecular complexity index is 333. The summed E-state index contributed by atoms with van der Waals surface area (Å²) in [6.07, 6.45) is 1.76. The Morgan fingerprint density at radius 3 is 2.33 bits per heavy atom. The van der Waals surface area contributed by atoms with Gasteiger partial charge in [-0.3, -0.25) is 0 Å². The maximum absolute atomic E-state index is 9.24. The van der Waals surface area contributed by atoms with E-state index in [-0.39, 0.29) is 12.1 Å². The lowest BCUT2D eigenvalue weighted by atomic mass is 9.97. The molecule has 0 aromatic heterocycles. The van der Waals surface area contributed by atoms with Crippen LogP contribution in [0.1, 0.15) is 19.8 Å².